The molecular weight excluding hydrogens is 273 g/mol. The molecule has 12 heavy (non-hydrogen) atoms. The number of hydrogen-bond donors (Lipinski definition) is 0. The fourth-order valence-electron chi connectivity index (χ4n) is 0.775. The Bertz CT molecular complexity index is 282. The number of dihydropyridines is 1. The number of methoxy groups -OCH3 is 1. The molecule has 0 aromatic heterocycles. The highest BCUT2D eigenvalue weighted by Crippen LogP contribution is 2.16. The zero-order valence-electron chi connectivity index (χ0n) is 6.28. The van der Waals surface area contributed by atoms with E-state index >= 15 is 0 Å². The topological polar surface area (TPSA) is 55.7 Å². The molecule has 1 aliphatic rings. The molecule has 0 aromatic rings. The molecule has 0 fully saturated rings. The van der Waals surface area contributed by atoms with Crippen LogP contribution in [0.3, 0.4) is 0 Å². The number of ether oxygens (including phenoxy) is 1. The molecule has 0 aliphatic carbocycles. The summed E-state index contributed by atoms with van der Waals surface area (Å²) < 4.78 is 5.19. The molecule has 1 atom stereocenters. The average molecular weight is 279 g/mol. The van der Waals surface area contributed by atoms with Gasteiger partial charge in [0.2, 0.25) is 0 Å². The smallest absolute Gasteiger partial charge is 0.322 e. The zero-order valence-corrected chi connectivity index (χ0v) is 8.44. The van der Waals surface area contributed by atoms with Crippen molar-refractivity contribution >= 4 is 40.7 Å². The third-order valence-corrected chi connectivity index (χ3v) is 2.00. The van der Waals surface area contributed by atoms with E-state index in [9.17, 15) is 9.59 Å². The van der Waals surface area contributed by atoms with Gasteiger partial charge in [0.15, 0.2) is 5.92 Å². The average Bonchev–Trinajstić information content (AvgIpc) is 2.08. The lowest BCUT2D eigenvalue weighted by Crippen LogP contribution is -2.24. The minimum Gasteiger partial charge on any atom is -0.468 e. The molecule has 0 radical (unpaired) electrons. The number of rotatable bonds is 1. The van der Waals surface area contributed by atoms with Gasteiger partial charge in [-0.15, -0.1) is 0 Å². The highest BCUT2D eigenvalue weighted by atomic mass is 127. The summed E-state index contributed by atoms with van der Waals surface area (Å²) in [5.41, 5.74) is 0. The van der Waals surface area contributed by atoms with Crippen molar-refractivity contribution in [1.82, 2.24) is 0 Å². The second kappa shape index (κ2) is 3.79. The van der Waals surface area contributed by atoms with E-state index in [-0.39, 0.29) is 0 Å². The SMILES string of the molecule is COC(=O)C1C=C(I)C=NC1=O. The second-order valence-electron chi connectivity index (χ2n) is 2.15. The van der Waals surface area contributed by atoms with Crippen LogP contribution in [-0.4, -0.2) is 25.2 Å². The van der Waals surface area contributed by atoms with Gasteiger partial charge in [-0.2, -0.15) is 0 Å². The predicted octanol–water partition coefficient (Wildman–Crippen LogP) is 0.706. The molecule has 0 saturated heterocycles. The zero-order chi connectivity index (χ0) is 9.14. The number of esters is 1. The van der Waals surface area contributed by atoms with Crippen molar-refractivity contribution in [3.63, 3.8) is 0 Å². The van der Waals surface area contributed by atoms with Crippen LogP contribution in [0.1, 0.15) is 0 Å². The fourth-order valence-corrected chi connectivity index (χ4v) is 1.27. The Kier molecular flexibility index (Phi) is 2.96. The molecule has 0 spiro atoms. The number of halogens is 1. The first-order valence-electron chi connectivity index (χ1n) is 3.18. The number of allylic oxidation sites excluding steroid dienone is 1. The van der Waals surface area contributed by atoms with Crippen LogP contribution in [-0.2, 0) is 14.3 Å². The van der Waals surface area contributed by atoms with E-state index in [4.69, 9.17) is 0 Å². The summed E-state index contributed by atoms with van der Waals surface area (Å²) in [6.45, 7) is 0. The van der Waals surface area contributed by atoms with Crippen LogP contribution in [0.25, 0.3) is 0 Å². The quantitative estimate of drug-likeness (QED) is 0.403. The van der Waals surface area contributed by atoms with Gasteiger partial charge in [-0.25, -0.2) is 4.99 Å². The van der Waals surface area contributed by atoms with E-state index in [2.05, 4.69) is 9.73 Å². The van der Waals surface area contributed by atoms with E-state index < -0.39 is 17.8 Å². The first kappa shape index (κ1) is 9.37. The summed E-state index contributed by atoms with van der Waals surface area (Å²) in [6, 6.07) is 0. The molecule has 1 heterocycles. The van der Waals surface area contributed by atoms with Gasteiger partial charge in [-0.3, -0.25) is 9.59 Å². The van der Waals surface area contributed by atoms with Crippen LogP contribution < -0.4 is 0 Å². The molecule has 0 bridgehead atoms. The van der Waals surface area contributed by atoms with Crippen molar-refractivity contribution in [3.8, 4) is 0 Å². The number of hydrogen-bond acceptors (Lipinski definition) is 3. The Morgan fingerprint density at radius 1 is 1.75 bits per heavy atom. The number of amides is 1. The Morgan fingerprint density at radius 3 is 3.00 bits per heavy atom. The second-order valence-corrected chi connectivity index (χ2v) is 3.39. The maximum atomic E-state index is 11.0. The summed E-state index contributed by atoms with van der Waals surface area (Å²) in [6.07, 6.45) is 2.95. The molecule has 4 nitrogen and oxygen atoms in total. The third-order valence-electron chi connectivity index (χ3n) is 1.36. The lowest BCUT2D eigenvalue weighted by Gasteiger charge is -2.09. The standard InChI is InChI=1S/C7H6INO3/c1-12-7(11)5-2-4(8)3-9-6(5)10/h2-3,5H,1H3. The Balaban J connectivity index is 2.84. The lowest BCUT2D eigenvalue weighted by atomic mass is 10.1. The predicted molar refractivity (Wildman–Crippen MR) is 51.1 cm³/mol. The summed E-state index contributed by atoms with van der Waals surface area (Å²) in [7, 11) is 1.24. The van der Waals surface area contributed by atoms with Crippen molar-refractivity contribution in [1.29, 1.82) is 0 Å². The highest BCUT2D eigenvalue weighted by Gasteiger charge is 2.26. The van der Waals surface area contributed by atoms with Crippen molar-refractivity contribution < 1.29 is 14.3 Å². The molecule has 0 aromatic carbocycles. The number of aliphatic imine (C=N–C) groups is 1. The summed E-state index contributed by atoms with van der Waals surface area (Å²) in [5.74, 6) is -1.89. The third kappa shape index (κ3) is 1.90. The van der Waals surface area contributed by atoms with Gasteiger partial charge in [-0.05, 0) is 28.7 Å². The normalized spacial score (nSPS) is 22.0. The largest absolute Gasteiger partial charge is 0.468 e. The minimum atomic E-state index is -0.855. The van der Waals surface area contributed by atoms with Crippen molar-refractivity contribution in [2.24, 2.45) is 10.9 Å². The van der Waals surface area contributed by atoms with E-state index in [1.807, 2.05) is 22.6 Å². The maximum absolute atomic E-state index is 11.0. The van der Waals surface area contributed by atoms with Gasteiger partial charge in [0.05, 0.1) is 7.11 Å². The number of nitrogens with zero attached hydrogens (tertiary/aromatic N) is 1. The van der Waals surface area contributed by atoms with Crippen LogP contribution >= 0.6 is 22.6 Å². The molecule has 5 heteroatoms. The maximum Gasteiger partial charge on any atom is 0.322 e. The molecule has 1 unspecified atom stereocenters. The van der Waals surface area contributed by atoms with Crippen molar-refractivity contribution in [3.05, 3.63) is 9.66 Å². The first-order valence-corrected chi connectivity index (χ1v) is 4.26. The van der Waals surface area contributed by atoms with Crippen LogP contribution in [0.2, 0.25) is 0 Å². The molecule has 64 valence electrons. The lowest BCUT2D eigenvalue weighted by molar-refractivity contribution is -0.147. The monoisotopic (exact) mass is 279 g/mol. The van der Waals surface area contributed by atoms with Gasteiger partial charge in [-0.1, -0.05) is 0 Å². The highest BCUT2D eigenvalue weighted by molar-refractivity contribution is 14.1. The van der Waals surface area contributed by atoms with E-state index in [1.165, 1.54) is 19.4 Å². The van der Waals surface area contributed by atoms with Gasteiger partial charge in [0.25, 0.3) is 5.91 Å². The molecule has 1 amide bonds. The molecule has 0 saturated carbocycles. The fraction of sp³-hybridized carbons (Fsp3) is 0.286. The summed E-state index contributed by atoms with van der Waals surface area (Å²) in [4.78, 5) is 25.5. The van der Waals surface area contributed by atoms with Gasteiger partial charge >= 0.3 is 5.97 Å². The molecule has 1 aliphatic heterocycles. The van der Waals surface area contributed by atoms with Crippen LogP contribution in [0.4, 0.5) is 0 Å². The van der Waals surface area contributed by atoms with E-state index in [0.29, 0.717) is 0 Å². The van der Waals surface area contributed by atoms with Crippen LogP contribution in [0.15, 0.2) is 14.6 Å². The number of carbonyl (C=O) groups excluding carboxylic acids is 2. The minimum absolute atomic E-state index is 0.470. The summed E-state index contributed by atoms with van der Waals surface area (Å²) >= 11 is 1.98. The summed E-state index contributed by atoms with van der Waals surface area (Å²) in [5, 5.41) is 0. The molecule has 0 N–H and O–H groups in total. The molecular formula is C7H6INO3. The number of carbonyl (C=O) groups is 2. The first-order chi connectivity index (χ1) is 5.65. The van der Waals surface area contributed by atoms with Gasteiger partial charge in [0, 0.05) is 9.79 Å². The Labute approximate surface area is 82.8 Å². The Hall–Kier alpha value is -0.720. The molecule has 1 rings (SSSR count). The van der Waals surface area contributed by atoms with E-state index in [1.54, 1.807) is 0 Å². The van der Waals surface area contributed by atoms with Gasteiger partial charge < -0.3 is 4.74 Å². The van der Waals surface area contributed by atoms with Crippen molar-refractivity contribution in [2.45, 2.75) is 0 Å². The van der Waals surface area contributed by atoms with Crippen molar-refractivity contribution in [2.75, 3.05) is 7.11 Å². The van der Waals surface area contributed by atoms with Crippen LogP contribution in [0, 0.1) is 5.92 Å². The van der Waals surface area contributed by atoms with Gasteiger partial charge in [0.1, 0.15) is 0 Å². The Morgan fingerprint density at radius 2 is 2.42 bits per heavy atom. The van der Waals surface area contributed by atoms with E-state index in [0.717, 1.165) is 3.58 Å². The van der Waals surface area contributed by atoms with Crippen LogP contribution in [0.5, 0.6) is 0 Å².